The lowest BCUT2D eigenvalue weighted by molar-refractivity contribution is -0.158. The van der Waals surface area contributed by atoms with Crippen molar-refractivity contribution in [1.82, 2.24) is 0 Å². The summed E-state index contributed by atoms with van der Waals surface area (Å²) in [5.41, 5.74) is 4.56. The van der Waals surface area contributed by atoms with Gasteiger partial charge >= 0.3 is 11.9 Å². The van der Waals surface area contributed by atoms with Gasteiger partial charge in [-0.3, -0.25) is 9.59 Å². The van der Waals surface area contributed by atoms with Gasteiger partial charge in [-0.05, 0) is 22.3 Å². The van der Waals surface area contributed by atoms with E-state index in [9.17, 15) is 9.59 Å². The van der Waals surface area contributed by atoms with E-state index >= 15 is 0 Å². The van der Waals surface area contributed by atoms with Crippen molar-refractivity contribution in [2.24, 2.45) is 5.92 Å². The van der Waals surface area contributed by atoms with Crippen LogP contribution in [0.5, 0.6) is 0 Å². The number of carbonyl (C=O) groups is 2. The smallest absolute Gasteiger partial charge is 0.324 e. The van der Waals surface area contributed by atoms with Crippen LogP contribution in [0.25, 0.3) is 11.1 Å². The SMILES string of the molecule is C=CC(C(=O)OC)C(=O)OCC1c2ccccc2-c2ccccc21. The van der Waals surface area contributed by atoms with Crippen molar-refractivity contribution in [3.05, 3.63) is 72.3 Å². The number of carbonyl (C=O) groups excluding carboxylic acids is 2. The van der Waals surface area contributed by atoms with E-state index in [4.69, 9.17) is 4.74 Å². The van der Waals surface area contributed by atoms with E-state index in [0.717, 1.165) is 22.3 Å². The Hall–Kier alpha value is -2.88. The predicted octanol–water partition coefficient (Wildman–Crippen LogP) is 3.32. The maximum Gasteiger partial charge on any atom is 0.324 e. The fourth-order valence-corrected chi connectivity index (χ4v) is 3.11. The largest absolute Gasteiger partial charge is 0.468 e. The Morgan fingerprint density at radius 3 is 2.08 bits per heavy atom. The molecule has 0 aliphatic heterocycles. The quantitative estimate of drug-likeness (QED) is 0.481. The molecule has 1 unspecified atom stereocenters. The zero-order chi connectivity index (χ0) is 17.1. The highest BCUT2D eigenvalue weighted by atomic mass is 16.5. The van der Waals surface area contributed by atoms with E-state index in [1.807, 2.05) is 36.4 Å². The first-order valence-electron chi connectivity index (χ1n) is 7.72. The van der Waals surface area contributed by atoms with Crippen molar-refractivity contribution in [3.63, 3.8) is 0 Å². The summed E-state index contributed by atoms with van der Waals surface area (Å²) in [6, 6.07) is 16.2. The van der Waals surface area contributed by atoms with Gasteiger partial charge in [-0.2, -0.15) is 0 Å². The number of rotatable bonds is 5. The van der Waals surface area contributed by atoms with E-state index < -0.39 is 17.9 Å². The minimum atomic E-state index is -1.10. The average Bonchev–Trinajstić information content (AvgIpc) is 2.94. The lowest BCUT2D eigenvalue weighted by Gasteiger charge is -2.16. The summed E-state index contributed by atoms with van der Waals surface area (Å²) >= 11 is 0. The Labute approximate surface area is 140 Å². The van der Waals surface area contributed by atoms with E-state index in [1.54, 1.807) is 0 Å². The highest BCUT2D eigenvalue weighted by Crippen LogP contribution is 2.44. The minimum absolute atomic E-state index is 0.0375. The van der Waals surface area contributed by atoms with E-state index in [1.165, 1.54) is 13.2 Å². The summed E-state index contributed by atoms with van der Waals surface area (Å²) < 4.78 is 10.0. The second-order valence-electron chi connectivity index (χ2n) is 5.59. The van der Waals surface area contributed by atoms with Crippen LogP contribution in [-0.4, -0.2) is 25.7 Å². The van der Waals surface area contributed by atoms with Crippen molar-refractivity contribution in [2.45, 2.75) is 5.92 Å². The van der Waals surface area contributed by atoms with Crippen LogP contribution >= 0.6 is 0 Å². The predicted molar refractivity (Wildman–Crippen MR) is 90.4 cm³/mol. The lowest BCUT2D eigenvalue weighted by Crippen LogP contribution is -2.26. The van der Waals surface area contributed by atoms with Gasteiger partial charge in [-0.1, -0.05) is 54.6 Å². The molecular weight excluding hydrogens is 304 g/mol. The van der Waals surface area contributed by atoms with Gasteiger partial charge in [0.1, 0.15) is 6.61 Å². The molecule has 1 aliphatic carbocycles. The Balaban J connectivity index is 1.82. The van der Waals surface area contributed by atoms with Crippen LogP contribution < -0.4 is 0 Å². The highest BCUT2D eigenvalue weighted by Gasteiger charge is 2.31. The Morgan fingerprint density at radius 2 is 1.58 bits per heavy atom. The summed E-state index contributed by atoms with van der Waals surface area (Å²) in [7, 11) is 1.23. The van der Waals surface area contributed by atoms with Crippen LogP contribution in [0.3, 0.4) is 0 Å². The van der Waals surface area contributed by atoms with Gasteiger partial charge in [0.05, 0.1) is 7.11 Å². The van der Waals surface area contributed by atoms with E-state index in [-0.39, 0.29) is 12.5 Å². The van der Waals surface area contributed by atoms with Gasteiger partial charge in [-0.15, -0.1) is 6.58 Å². The molecule has 0 N–H and O–H groups in total. The standard InChI is InChI=1S/C20H18O4/c1-3-13(19(21)23-2)20(22)24-12-18-16-10-6-4-8-14(16)15-9-5-7-11-17(15)18/h3-11,13,18H,1,12H2,2H3. The molecule has 0 amide bonds. The molecule has 0 fully saturated rings. The molecule has 1 aliphatic rings. The maximum absolute atomic E-state index is 12.2. The van der Waals surface area contributed by atoms with Gasteiger partial charge in [0.2, 0.25) is 0 Å². The first-order valence-corrected chi connectivity index (χ1v) is 7.72. The molecule has 4 nitrogen and oxygen atoms in total. The Morgan fingerprint density at radius 1 is 1.04 bits per heavy atom. The molecule has 1 atom stereocenters. The monoisotopic (exact) mass is 322 g/mol. The number of methoxy groups -OCH3 is 1. The molecule has 0 radical (unpaired) electrons. The average molecular weight is 322 g/mol. The summed E-state index contributed by atoms with van der Waals surface area (Å²) in [5.74, 6) is -2.44. The van der Waals surface area contributed by atoms with Gasteiger partial charge < -0.3 is 9.47 Å². The third kappa shape index (κ3) is 2.71. The van der Waals surface area contributed by atoms with Crippen molar-refractivity contribution >= 4 is 11.9 Å². The van der Waals surface area contributed by atoms with E-state index in [0.29, 0.717) is 0 Å². The Kier molecular flexibility index (Phi) is 4.47. The topological polar surface area (TPSA) is 52.6 Å². The highest BCUT2D eigenvalue weighted by molar-refractivity contribution is 5.96. The maximum atomic E-state index is 12.2. The van der Waals surface area contributed by atoms with Crippen LogP contribution in [0.15, 0.2) is 61.2 Å². The van der Waals surface area contributed by atoms with Crippen LogP contribution in [0.1, 0.15) is 17.0 Å². The fraction of sp³-hybridized carbons (Fsp3) is 0.200. The molecule has 2 aromatic rings. The van der Waals surface area contributed by atoms with Crippen LogP contribution in [-0.2, 0) is 19.1 Å². The molecule has 0 saturated heterocycles. The number of hydrogen-bond acceptors (Lipinski definition) is 4. The summed E-state index contributed by atoms with van der Waals surface area (Å²) in [4.78, 5) is 23.7. The molecule has 2 aromatic carbocycles. The molecular formula is C20H18O4. The van der Waals surface area contributed by atoms with Crippen molar-refractivity contribution in [2.75, 3.05) is 13.7 Å². The molecule has 0 heterocycles. The normalized spacial score (nSPS) is 13.5. The van der Waals surface area contributed by atoms with Gasteiger partial charge in [-0.25, -0.2) is 0 Å². The molecule has 24 heavy (non-hydrogen) atoms. The molecule has 0 saturated carbocycles. The zero-order valence-corrected chi connectivity index (χ0v) is 13.4. The summed E-state index contributed by atoms with van der Waals surface area (Å²) in [5, 5.41) is 0. The number of fused-ring (bicyclic) bond motifs is 3. The minimum Gasteiger partial charge on any atom is -0.468 e. The number of hydrogen-bond donors (Lipinski definition) is 0. The third-order valence-electron chi connectivity index (χ3n) is 4.30. The lowest BCUT2D eigenvalue weighted by atomic mass is 9.98. The first-order chi connectivity index (χ1) is 11.7. The second kappa shape index (κ2) is 6.71. The number of ether oxygens (including phenoxy) is 2. The summed E-state index contributed by atoms with van der Waals surface area (Å²) in [6.45, 7) is 3.68. The van der Waals surface area contributed by atoms with Gasteiger partial charge in [0.15, 0.2) is 5.92 Å². The Bertz CT molecular complexity index is 748. The van der Waals surface area contributed by atoms with Crippen LogP contribution in [0, 0.1) is 5.92 Å². The van der Waals surface area contributed by atoms with Gasteiger partial charge in [0, 0.05) is 5.92 Å². The fourth-order valence-electron chi connectivity index (χ4n) is 3.11. The number of esters is 2. The van der Waals surface area contributed by atoms with Crippen molar-refractivity contribution in [3.8, 4) is 11.1 Å². The number of benzene rings is 2. The molecule has 3 rings (SSSR count). The molecule has 122 valence electrons. The first kappa shape index (κ1) is 16.0. The molecule has 0 aromatic heterocycles. The molecule has 4 heteroatoms. The van der Waals surface area contributed by atoms with Crippen molar-refractivity contribution in [1.29, 1.82) is 0 Å². The van der Waals surface area contributed by atoms with Crippen LogP contribution in [0.4, 0.5) is 0 Å². The second-order valence-corrected chi connectivity index (χ2v) is 5.59. The third-order valence-corrected chi connectivity index (χ3v) is 4.30. The van der Waals surface area contributed by atoms with E-state index in [2.05, 4.69) is 23.4 Å². The molecule has 0 bridgehead atoms. The molecule has 0 spiro atoms. The zero-order valence-electron chi connectivity index (χ0n) is 13.4. The van der Waals surface area contributed by atoms with Gasteiger partial charge in [0.25, 0.3) is 0 Å². The summed E-state index contributed by atoms with van der Waals surface area (Å²) in [6.07, 6.45) is 1.24. The van der Waals surface area contributed by atoms with Crippen LogP contribution in [0.2, 0.25) is 0 Å². The van der Waals surface area contributed by atoms with Crippen molar-refractivity contribution < 1.29 is 19.1 Å².